The number of fused-ring (bicyclic) bond motifs is 5. The minimum absolute atomic E-state index is 0.236. The Morgan fingerprint density at radius 1 is 1.26 bits per heavy atom. The number of halogens is 2. The SMILES string of the molecule is CC1CCC2(Cc3nc(OCC45CCCN4CC(F)C5)cc(N4CCCn5nc(C(=O)N(C)C)c(Cl)c5C4)c3CO2)c2c1ccc(N)c2C#N. The molecule has 8 rings (SSSR count). The minimum atomic E-state index is -0.852. The Balaban J connectivity index is 1.20. The lowest BCUT2D eigenvalue weighted by atomic mass is 9.69. The monoisotopic (exact) mass is 702 g/mol. The highest BCUT2D eigenvalue weighted by atomic mass is 35.5. The quantitative estimate of drug-likeness (QED) is 0.352. The summed E-state index contributed by atoms with van der Waals surface area (Å²) in [6.45, 7) is 5.96. The molecule has 4 unspecified atom stereocenters. The molecule has 4 atom stereocenters. The van der Waals surface area contributed by atoms with Crippen LogP contribution >= 0.6 is 11.6 Å². The molecule has 2 aromatic heterocycles. The van der Waals surface area contributed by atoms with Crippen molar-refractivity contribution in [1.29, 1.82) is 5.26 Å². The summed E-state index contributed by atoms with van der Waals surface area (Å²) in [5.41, 5.74) is 12.0. The summed E-state index contributed by atoms with van der Waals surface area (Å²) in [6.07, 6.45) is 4.43. The molecule has 0 saturated carbocycles. The fraction of sp³-hybridized carbons (Fsp3) is 0.568. The van der Waals surface area contributed by atoms with E-state index < -0.39 is 11.8 Å². The van der Waals surface area contributed by atoms with Gasteiger partial charge >= 0.3 is 0 Å². The summed E-state index contributed by atoms with van der Waals surface area (Å²) >= 11 is 6.87. The van der Waals surface area contributed by atoms with Crippen molar-refractivity contribution in [3.8, 4) is 11.9 Å². The Morgan fingerprint density at radius 2 is 2.10 bits per heavy atom. The second kappa shape index (κ2) is 12.4. The summed E-state index contributed by atoms with van der Waals surface area (Å²) in [5.74, 6) is 0.519. The zero-order valence-electron chi connectivity index (χ0n) is 29.0. The number of nitrogens with zero attached hydrogens (tertiary/aromatic N) is 7. The summed E-state index contributed by atoms with van der Waals surface area (Å²) in [6, 6.07) is 8.24. The van der Waals surface area contributed by atoms with E-state index in [1.807, 2.05) is 22.9 Å². The number of aryl methyl sites for hydroxylation is 1. The van der Waals surface area contributed by atoms with Crippen molar-refractivity contribution in [3.05, 3.63) is 62.6 Å². The van der Waals surface area contributed by atoms with Crippen LogP contribution in [0.4, 0.5) is 15.8 Å². The Morgan fingerprint density at radius 3 is 2.90 bits per heavy atom. The largest absolute Gasteiger partial charge is 0.476 e. The lowest BCUT2D eigenvalue weighted by Crippen LogP contribution is -2.44. The lowest BCUT2D eigenvalue weighted by Gasteiger charge is -2.45. The molecule has 2 saturated heterocycles. The number of pyridine rings is 1. The molecule has 50 heavy (non-hydrogen) atoms. The molecule has 5 aliphatic rings. The van der Waals surface area contributed by atoms with Crippen molar-refractivity contribution in [1.82, 2.24) is 24.6 Å². The van der Waals surface area contributed by atoms with Crippen LogP contribution in [0.2, 0.25) is 5.02 Å². The number of carbonyl (C=O) groups excluding carboxylic acids is 1. The molecule has 4 aliphatic heterocycles. The number of anilines is 2. The number of hydrogen-bond acceptors (Lipinski definition) is 9. The maximum atomic E-state index is 14.7. The molecular weight excluding hydrogens is 659 g/mol. The highest BCUT2D eigenvalue weighted by Gasteiger charge is 2.50. The molecule has 2 fully saturated rings. The molecule has 0 bridgehead atoms. The first-order chi connectivity index (χ1) is 24.0. The fourth-order valence-electron chi connectivity index (χ4n) is 9.18. The molecule has 1 amide bonds. The molecule has 11 nitrogen and oxygen atoms in total. The average Bonchev–Trinajstić information content (AvgIpc) is 3.67. The minimum Gasteiger partial charge on any atom is -0.476 e. The van der Waals surface area contributed by atoms with Gasteiger partial charge in [0.15, 0.2) is 5.69 Å². The third kappa shape index (κ3) is 5.31. The number of amides is 1. The highest BCUT2D eigenvalue weighted by Crippen LogP contribution is 2.51. The Hall–Kier alpha value is -3.92. The number of ether oxygens (including phenoxy) is 2. The van der Waals surface area contributed by atoms with Crippen molar-refractivity contribution in [2.45, 2.75) is 94.8 Å². The van der Waals surface area contributed by atoms with E-state index in [0.29, 0.717) is 74.4 Å². The molecule has 2 N–H and O–H groups in total. The van der Waals surface area contributed by atoms with E-state index >= 15 is 0 Å². The van der Waals surface area contributed by atoms with E-state index in [1.54, 1.807) is 14.1 Å². The highest BCUT2D eigenvalue weighted by molar-refractivity contribution is 6.34. The standard InChI is InChI=1S/C37H44ClFN8O3/c1-22-8-10-37(32-24(22)6-7-27(41)25(32)17-40)16-28-26(20-50-37)29(14-31(42-28)49-21-36-9-4-12-46(36)18-23(39)15-36)45-11-5-13-47-30(19-45)33(38)34(43-47)35(48)44(2)3/h6-7,14,22-23H,4-5,8-13,15-16,18-21,41H2,1-3H3. The fourth-order valence-corrected chi connectivity index (χ4v) is 9.45. The van der Waals surface area contributed by atoms with Crippen molar-refractivity contribution >= 4 is 28.9 Å². The van der Waals surface area contributed by atoms with Crippen LogP contribution in [0.15, 0.2) is 18.2 Å². The van der Waals surface area contributed by atoms with Crippen LogP contribution in [-0.2, 0) is 36.5 Å². The number of alkyl halides is 1. The molecule has 13 heteroatoms. The van der Waals surface area contributed by atoms with E-state index in [2.05, 4.69) is 27.9 Å². The third-order valence-electron chi connectivity index (χ3n) is 11.8. The number of nitrogen functional groups attached to an aromatic ring is 1. The van der Waals surface area contributed by atoms with E-state index in [4.69, 9.17) is 31.8 Å². The van der Waals surface area contributed by atoms with Crippen LogP contribution in [0.1, 0.15) is 95.5 Å². The maximum Gasteiger partial charge on any atom is 0.275 e. The lowest BCUT2D eigenvalue weighted by molar-refractivity contribution is -0.0871. The first kappa shape index (κ1) is 33.2. The van der Waals surface area contributed by atoms with Crippen LogP contribution in [0.5, 0.6) is 5.88 Å². The summed E-state index contributed by atoms with van der Waals surface area (Å²) in [7, 11) is 3.38. The molecular formula is C37H44ClFN8O3. The molecule has 6 heterocycles. The van der Waals surface area contributed by atoms with Crippen molar-refractivity contribution in [3.63, 3.8) is 0 Å². The van der Waals surface area contributed by atoms with Gasteiger partial charge in [-0.25, -0.2) is 9.37 Å². The first-order valence-corrected chi connectivity index (χ1v) is 18.1. The zero-order chi connectivity index (χ0) is 34.9. The van der Waals surface area contributed by atoms with Crippen LogP contribution in [-0.4, -0.2) is 82.5 Å². The molecule has 1 aliphatic carbocycles. The summed E-state index contributed by atoms with van der Waals surface area (Å²) < 4.78 is 30.0. The number of nitrogens with two attached hydrogens (primary N) is 1. The molecule has 1 spiro atoms. The van der Waals surface area contributed by atoms with Gasteiger partial charge in [0.05, 0.1) is 40.7 Å². The van der Waals surface area contributed by atoms with Gasteiger partial charge in [-0.2, -0.15) is 10.4 Å². The van der Waals surface area contributed by atoms with E-state index in [1.165, 1.54) is 4.90 Å². The third-order valence-corrected chi connectivity index (χ3v) is 12.2. The maximum absolute atomic E-state index is 14.7. The van der Waals surface area contributed by atoms with Gasteiger partial charge in [-0.05, 0) is 56.2 Å². The van der Waals surface area contributed by atoms with Gasteiger partial charge in [-0.3, -0.25) is 14.4 Å². The van der Waals surface area contributed by atoms with Crippen LogP contribution in [0, 0.1) is 11.3 Å². The van der Waals surface area contributed by atoms with Crippen LogP contribution in [0.3, 0.4) is 0 Å². The van der Waals surface area contributed by atoms with E-state index in [9.17, 15) is 14.4 Å². The van der Waals surface area contributed by atoms with Gasteiger partial charge < -0.3 is 25.0 Å². The number of nitriles is 1. The first-order valence-electron chi connectivity index (χ1n) is 17.8. The predicted octanol–water partition coefficient (Wildman–Crippen LogP) is 5.32. The Labute approximate surface area is 297 Å². The Kier molecular flexibility index (Phi) is 8.24. The summed E-state index contributed by atoms with van der Waals surface area (Å²) in [5, 5.41) is 15.3. The van der Waals surface area contributed by atoms with E-state index in [-0.39, 0.29) is 23.1 Å². The van der Waals surface area contributed by atoms with Crippen molar-refractivity contribution in [2.24, 2.45) is 0 Å². The number of benzene rings is 1. The molecule has 264 valence electrons. The van der Waals surface area contributed by atoms with Gasteiger partial charge in [0, 0.05) is 75.1 Å². The van der Waals surface area contributed by atoms with Crippen LogP contribution < -0.4 is 15.4 Å². The molecule has 3 aromatic rings. The van der Waals surface area contributed by atoms with Gasteiger partial charge in [0.1, 0.15) is 24.4 Å². The van der Waals surface area contributed by atoms with E-state index in [0.717, 1.165) is 72.4 Å². The Bertz CT molecular complexity index is 1910. The topological polar surface area (TPSA) is 126 Å². The predicted molar refractivity (Wildman–Crippen MR) is 187 cm³/mol. The number of rotatable bonds is 5. The van der Waals surface area contributed by atoms with Crippen molar-refractivity contribution in [2.75, 3.05) is 51.0 Å². The van der Waals surface area contributed by atoms with Gasteiger partial charge in [0.25, 0.3) is 5.91 Å². The van der Waals surface area contributed by atoms with Crippen LogP contribution in [0.25, 0.3) is 0 Å². The number of carbonyl (C=O) groups is 1. The second-order valence-electron chi connectivity index (χ2n) is 15.1. The van der Waals surface area contributed by atoms with Gasteiger partial charge in [0.2, 0.25) is 5.88 Å². The normalized spacial score (nSPS) is 27.2. The average molecular weight is 703 g/mol. The molecule has 1 aromatic carbocycles. The number of aromatic nitrogens is 3. The second-order valence-corrected chi connectivity index (χ2v) is 15.5. The number of hydrogen-bond donors (Lipinski definition) is 1. The van der Waals surface area contributed by atoms with Crippen molar-refractivity contribution < 1.29 is 18.7 Å². The summed E-state index contributed by atoms with van der Waals surface area (Å²) in [4.78, 5) is 24.1. The smallest absolute Gasteiger partial charge is 0.275 e. The zero-order valence-corrected chi connectivity index (χ0v) is 29.7. The van der Waals surface area contributed by atoms with Gasteiger partial charge in [-0.1, -0.05) is 24.6 Å². The molecule has 0 radical (unpaired) electrons. The van der Waals surface area contributed by atoms with Gasteiger partial charge in [-0.15, -0.1) is 0 Å².